The summed E-state index contributed by atoms with van der Waals surface area (Å²) in [6.07, 6.45) is 2.51. The zero-order chi connectivity index (χ0) is 26.4. The maximum Gasteiger partial charge on any atom is 0.264 e. The van der Waals surface area contributed by atoms with Gasteiger partial charge in [-0.2, -0.15) is 5.10 Å². The summed E-state index contributed by atoms with van der Waals surface area (Å²) in [6.45, 7) is 5.25. The predicted molar refractivity (Wildman–Crippen MR) is 148 cm³/mol. The van der Waals surface area contributed by atoms with E-state index in [1.807, 2.05) is 48.5 Å². The maximum absolute atomic E-state index is 13.4. The average Bonchev–Trinajstić information content (AvgIpc) is 3.57. The molecule has 0 fully saturated rings. The third-order valence-corrected chi connectivity index (χ3v) is 6.11. The number of fused-ring (bicyclic) bond motifs is 1. The number of H-pyrrole nitrogens is 1. The van der Waals surface area contributed by atoms with Crippen molar-refractivity contribution in [3.05, 3.63) is 98.4 Å². The van der Waals surface area contributed by atoms with Crippen LogP contribution >= 0.6 is 11.3 Å². The summed E-state index contributed by atoms with van der Waals surface area (Å²) in [6, 6.07) is 17.7. The second kappa shape index (κ2) is 11.2. The smallest absolute Gasteiger partial charge is 0.264 e. The van der Waals surface area contributed by atoms with Crippen LogP contribution in [0.1, 0.15) is 33.4 Å². The molecule has 0 saturated carbocycles. The molecule has 5 aromatic rings. The zero-order valence-corrected chi connectivity index (χ0v) is 20.7. The molecule has 5 N–H and O–H groups in total. The minimum atomic E-state index is -0.668. The number of nitrogens with one attached hydrogen (secondary N) is 1. The van der Waals surface area contributed by atoms with E-state index in [9.17, 15) is 9.59 Å². The standard InChI is InChI=1S/C22H16N2OS.C5H7N5O/c1-2-18-13-17-8-6-7-16(11-12-20-14-23-15-26-20)21(17)22(25)24(18)19-9-4-3-5-10-19;1-8-5-2(4(7)11)3(6)9-10-5/h3-10,13-15H,2H2,1H3;1H2,(H2,7,11)(H3,6,9,10). The van der Waals surface area contributed by atoms with E-state index in [4.69, 9.17) is 11.5 Å². The summed E-state index contributed by atoms with van der Waals surface area (Å²) in [7, 11) is 0. The molecule has 0 bridgehead atoms. The molecule has 0 aliphatic carbocycles. The highest BCUT2D eigenvalue weighted by Crippen LogP contribution is 2.20. The van der Waals surface area contributed by atoms with E-state index < -0.39 is 5.91 Å². The Bertz CT molecular complexity index is 1690. The van der Waals surface area contributed by atoms with Crippen molar-refractivity contribution in [3.8, 4) is 17.5 Å². The number of hydrogen-bond acceptors (Lipinski definition) is 7. The number of benzene rings is 2. The number of nitrogens with two attached hydrogens (primary N) is 2. The van der Waals surface area contributed by atoms with E-state index in [1.54, 1.807) is 16.3 Å². The van der Waals surface area contributed by atoms with Gasteiger partial charge in [0.25, 0.3) is 11.5 Å². The molecule has 10 heteroatoms. The van der Waals surface area contributed by atoms with Gasteiger partial charge in [-0.15, -0.1) is 11.3 Å². The summed E-state index contributed by atoms with van der Waals surface area (Å²) in [5.74, 6) is 5.84. The van der Waals surface area contributed by atoms with Crippen molar-refractivity contribution in [2.45, 2.75) is 13.3 Å². The van der Waals surface area contributed by atoms with Gasteiger partial charge in [-0.1, -0.05) is 43.2 Å². The van der Waals surface area contributed by atoms with Gasteiger partial charge in [0, 0.05) is 16.9 Å². The minimum Gasteiger partial charge on any atom is -0.383 e. The molecule has 0 aliphatic heterocycles. The van der Waals surface area contributed by atoms with Crippen LogP contribution in [0, 0.1) is 11.8 Å². The first-order chi connectivity index (χ1) is 17.9. The number of primary amides is 1. The van der Waals surface area contributed by atoms with Gasteiger partial charge in [0.05, 0.1) is 22.0 Å². The van der Waals surface area contributed by atoms with Crippen LogP contribution in [0.2, 0.25) is 0 Å². The van der Waals surface area contributed by atoms with Crippen molar-refractivity contribution in [1.29, 1.82) is 0 Å². The number of aryl methyl sites for hydroxylation is 1. The number of aliphatic imine (C=N–C) groups is 1. The van der Waals surface area contributed by atoms with Crippen molar-refractivity contribution in [2.24, 2.45) is 10.7 Å². The van der Waals surface area contributed by atoms with Crippen LogP contribution < -0.4 is 17.0 Å². The molecule has 2 aromatic carbocycles. The number of pyridine rings is 1. The van der Waals surface area contributed by atoms with Gasteiger partial charge in [-0.25, -0.2) is 4.99 Å². The second-order valence-corrected chi connectivity index (χ2v) is 8.60. The first kappa shape index (κ1) is 25.1. The molecule has 0 atom stereocenters. The molecular weight excluding hydrogens is 486 g/mol. The molecule has 0 radical (unpaired) electrons. The predicted octanol–water partition coefficient (Wildman–Crippen LogP) is 3.83. The molecule has 37 heavy (non-hydrogen) atoms. The van der Waals surface area contributed by atoms with Crippen LogP contribution in [0.3, 0.4) is 0 Å². The molecule has 1 amide bonds. The second-order valence-electron chi connectivity index (χ2n) is 7.71. The number of anilines is 1. The lowest BCUT2D eigenvalue weighted by atomic mass is 10.0. The molecule has 0 saturated heterocycles. The van der Waals surface area contributed by atoms with Gasteiger partial charge in [-0.05, 0) is 48.7 Å². The van der Waals surface area contributed by atoms with Gasteiger partial charge in [0.1, 0.15) is 11.4 Å². The molecular formula is C27H23N7O2S. The van der Waals surface area contributed by atoms with Gasteiger partial charge < -0.3 is 11.5 Å². The van der Waals surface area contributed by atoms with Crippen LogP contribution in [0.15, 0.2) is 76.1 Å². The Balaban J connectivity index is 0.000000245. The summed E-state index contributed by atoms with van der Waals surface area (Å²) in [4.78, 5) is 32.4. The van der Waals surface area contributed by atoms with Crippen molar-refractivity contribution < 1.29 is 4.79 Å². The lowest BCUT2D eigenvalue weighted by Crippen LogP contribution is -2.22. The Hall–Kier alpha value is -5.01. The Kier molecular flexibility index (Phi) is 7.56. The number of amides is 1. The van der Waals surface area contributed by atoms with Gasteiger partial charge in [0.15, 0.2) is 5.82 Å². The van der Waals surface area contributed by atoms with E-state index >= 15 is 0 Å². The number of aromatic amines is 1. The maximum atomic E-state index is 13.4. The molecule has 3 heterocycles. The Morgan fingerprint density at radius 2 is 1.97 bits per heavy atom. The first-order valence-corrected chi connectivity index (χ1v) is 12.1. The molecule has 0 unspecified atom stereocenters. The van der Waals surface area contributed by atoms with Gasteiger partial charge >= 0.3 is 0 Å². The van der Waals surface area contributed by atoms with E-state index in [1.165, 1.54) is 11.3 Å². The summed E-state index contributed by atoms with van der Waals surface area (Å²) >= 11 is 1.49. The monoisotopic (exact) mass is 509 g/mol. The van der Waals surface area contributed by atoms with Crippen LogP contribution in [0.4, 0.5) is 11.6 Å². The number of hydrogen-bond donors (Lipinski definition) is 3. The third-order valence-electron chi connectivity index (χ3n) is 5.42. The topological polar surface area (TPSA) is 145 Å². The quantitative estimate of drug-likeness (QED) is 0.249. The Morgan fingerprint density at radius 1 is 1.19 bits per heavy atom. The molecule has 0 aliphatic rings. The third kappa shape index (κ3) is 5.32. The van der Waals surface area contributed by atoms with Gasteiger partial charge in [0.2, 0.25) is 0 Å². The number of nitrogen functional groups attached to an aromatic ring is 1. The van der Waals surface area contributed by atoms with Crippen LogP contribution in [0.25, 0.3) is 16.5 Å². The molecule has 5 rings (SSSR count). The summed E-state index contributed by atoms with van der Waals surface area (Å²) < 4.78 is 1.79. The van der Waals surface area contributed by atoms with Gasteiger partial charge in [-0.3, -0.25) is 24.2 Å². The van der Waals surface area contributed by atoms with Crippen molar-refractivity contribution in [3.63, 3.8) is 0 Å². The molecule has 3 aromatic heterocycles. The number of rotatable bonds is 4. The fraction of sp³-hybridized carbons (Fsp3) is 0.0741. The highest BCUT2D eigenvalue weighted by atomic mass is 32.1. The largest absolute Gasteiger partial charge is 0.383 e. The summed E-state index contributed by atoms with van der Waals surface area (Å²) in [5, 5.41) is 7.52. The number of thiazole rings is 1. The van der Waals surface area contributed by atoms with Crippen LogP contribution in [-0.2, 0) is 6.42 Å². The fourth-order valence-corrected chi connectivity index (χ4v) is 4.22. The van der Waals surface area contributed by atoms with Crippen molar-refractivity contribution in [1.82, 2.24) is 19.7 Å². The normalized spacial score (nSPS) is 10.2. The number of nitrogens with zero attached hydrogens (tertiary/aromatic N) is 4. The van der Waals surface area contributed by atoms with Crippen molar-refractivity contribution in [2.75, 3.05) is 5.73 Å². The lowest BCUT2D eigenvalue weighted by molar-refractivity contribution is 0.100. The van der Waals surface area contributed by atoms with E-state index in [0.29, 0.717) is 5.39 Å². The Labute approximate surface area is 216 Å². The Morgan fingerprint density at radius 3 is 2.59 bits per heavy atom. The average molecular weight is 510 g/mol. The number of carbonyl (C=O) groups excluding carboxylic acids is 1. The number of carbonyl (C=O) groups is 1. The first-order valence-electron chi connectivity index (χ1n) is 11.2. The van der Waals surface area contributed by atoms with E-state index in [-0.39, 0.29) is 22.8 Å². The molecule has 184 valence electrons. The zero-order valence-electron chi connectivity index (χ0n) is 19.9. The summed E-state index contributed by atoms with van der Waals surface area (Å²) in [5.41, 5.74) is 14.7. The van der Waals surface area contributed by atoms with Crippen molar-refractivity contribution >= 4 is 46.4 Å². The molecule has 9 nitrogen and oxygen atoms in total. The van der Waals surface area contributed by atoms with E-state index in [2.05, 4.69) is 51.7 Å². The van der Waals surface area contributed by atoms with Crippen LogP contribution in [-0.4, -0.2) is 32.4 Å². The fourth-order valence-electron chi connectivity index (χ4n) is 3.75. The highest BCUT2D eigenvalue weighted by molar-refractivity contribution is 7.10. The number of aromatic nitrogens is 4. The number of para-hydroxylation sites is 1. The van der Waals surface area contributed by atoms with Crippen LogP contribution in [0.5, 0.6) is 0 Å². The highest BCUT2D eigenvalue weighted by Gasteiger charge is 2.14. The van der Waals surface area contributed by atoms with E-state index in [0.717, 1.165) is 33.6 Å². The minimum absolute atomic E-state index is 0.0280. The SMILES string of the molecule is C=Nc1n[nH]c(N)c1C(N)=O.CCc1cc2cccc(C#Cc3cncs3)c2c(=O)n1-c1ccccc1. The lowest BCUT2D eigenvalue weighted by Gasteiger charge is -2.14. The molecule has 0 spiro atoms.